The number of aliphatic hydroxyl groups is 1. The number of rotatable bonds is 6. The van der Waals surface area contributed by atoms with Crippen LogP contribution in [0.3, 0.4) is 0 Å². The molecule has 6 nitrogen and oxygen atoms in total. The fourth-order valence-electron chi connectivity index (χ4n) is 3.29. The highest BCUT2D eigenvalue weighted by Gasteiger charge is 2.51. The van der Waals surface area contributed by atoms with Crippen molar-refractivity contribution in [3.05, 3.63) is 22.4 Å². The highest BCUT2D eigenvalue weighted by Crippen LogP contribution is 2.33. The molecule has 23 heavy (non-hydrogen) atoms. The van der Waals surface area contributed by atoms with Gasteiger partial charge in [0.25, 0.3) is 5.91 Å². The third-order valence-electron chi connectivity index (χ3n) is 4.48. The molecule has 1 atom stereocenters. The molecule has 0 radical (unpaired) electrons. The average Bonchev–Trinajstić information content (AvgIpc) is 3.12. The van der Waals surface area contributed by atoms with Crippen LogP contribution < -0.4 is 5.32 Å². The number of imide groups is 1. The van der Waals surface area contributed by atoms with Crippen molar-refractivity contribution in [2.24, 2.45) is 0 Å². The number of ether oxygens (including phenoxy) is 1. The first-order chi connectivity index (χ1) is 11.1. The summed E-state index contributed by atoms with van der Waals surface area (Å²) in [5.41, 5.74) is -0.729. The molecular formula is C16H22N2O4S. The van der Waals surface area contributed by atoms with E-state index in [-0.39, 0.29) is 19.1 Å². The molecule has 1 aromatic rings. The van der Waals surface area contributed by atoms with Gasteiger partial charge in [-0.1, -0.05) is 25.3 Å². The Bertz CT molecular complexity index is 554. The second kappa shape index (κ2) is 6.98. The van der Waals surface area contributed by atoms with Gasteiger partial charge >= 0.3 is 6.03 Å². The second-order valence-electron chi connectivity index (χ2n) is 6.24. The first kappa shape index (κ1) is 16.4. The van der Waals surface area contributed by atoms with Crippen LogP contribution in [0, 0.1) is 0 Å². The number of carbonyl (C=O) groups is 2. The highest BCUT2D eigenvalue weighted by molar-refractivity contribution is 7.09. The first-order valence-corrected chi connectivity index (χ1v) is 8.91. The zero-order valence-corrected chi connectivity index (χ0v) is 13.8. The van der Waals surface area contributed by atoms with Crippen molar-refractivity contribution in [2.45, 2.75) is 50.4 Å². The molecule has 1 aromatic heterocycles. The molecule has 2 fully saturated rings. The number of nitrogens with one attached hydrogen (secondary N) is 1. The van der Waals surface area contributed by atoms with Crippen LogP contribution in [0.4, 0.5) is 4.79 Å². The van der Waals surface area contributed by atoms with E-state index in [4.69, 9.17) is 4.74 Å². The fourth-order valence-corrected chi connectivity index (χ4v) is 3.93. The van der Waals surface area contributed by atoms with E-state index in [0.29, 0.717) is 19.4 Å². The summed E-state index contributed by atoms with van der Waals surface area (Å²) in [7, 11) is 0. The van der Waals surface area contributed by atoms with Gasteiger partial charge in [-0.05, 0) is 24.3 Å². The number of amides is 3. The Morgan fingerprint density at radius 1 is 1.35 bits per heavy atom. The maximum absolute atomic E-state index is 12.6. The summed E-state index contributed by atoms with van der Waals surface area (Å²) in [6.45, 7) is 0.512. The van der Waals surface area contributed by atoms with Crippen LogP contribution >= 0.6 is 11.3 Å². The van der Waals surface area contributed by atoms with Crippen molar-refractivity contribution in [3.63, 3.8) is 0 Å². The number of β-amino-alcohol motifs (C(OH)–C–C–N with tert-alkyl or cyclic N) is 1. The Balaban J connectivity index is 1.50. The van der Waals surface area contributed by atoms with Gasteiger partial charge in [0, 0.05) is 4.88 Å². The van der Waals surface area contributed by atoms with E-state index < -0.39 is 17.7 Å². The summed E-state index contributed by atoms with van der Waals surface area (Å²) in [6.07, 6.45) is 3.52. The van der Waals surface area contributed by atoms with Gasteiger partial charge in [-0.3, -0.25) is 9.69 Å². The Hall–Kier alpha value is -1.44. The minimum atomic E-state index is -0.872. The molecule has 126 valence electrons. The molecule has 1 spiro atoms. The van der Waals surface area contributed by atoms with Gasteiger partial charge < -0.3 is 15.2 Å². The largest absolute Gasteiger partial charge is 0.389 e. The Morgan fingerprint density at radius 2 is 2.13 bits per heavy atom. The van der Waals surface area contributed by atoms with Gasteiger partial charge in [-0.2, -0.15) is 0 Å². The lowest BCUT2D eigenvalue weighted by molar-refractivity contribution is -0.133. The third-order valence-corrected chi connectivity index (χ3v) is 5.33. The predicted octanol–water partition coefficient (Wildman–Crippen LogP) is 1.88. The zero-order chi connectivity index (χ0) is 16.3. The van der Waals surface area contributed by atoms with Crippen LogP contribution in [0.1, 0.15) is 37.0 Å². The van der Waals surface area contributed by atoms with Crippen LogP contribution in [-0.4, -0.2) is 46.7 Å². The molecule has 1 unspecified atom stereocenters. The molecule has 1 aliphatic carbocycles. The van der Waals surface area contributed by atoms with Crippen molar-refractivity contribution in [3.8, 4) is 0 Å². The first-order valence-electron chi connectivity index (χ1n) is 8.03. The maximum Gasteiger partial charge on any atom is 0.325 e. The zero-order valence-electron chi connectivity index (χ0n) is 13.0. The van der Waals surface area contributed by atoms with Crippen LogP contribution in [0.15, 0.2) is 17.5 Å². The van der Waals surface area contributed by atoms with Gasteiger partial charge in [0.1, 0.15) is 5.54 Å². The summed E-state index contributed by atoms with van der Waals surface area (Å²) in [5.74, 6) is -0.195. The third kappa shape index (κ3) is 3.57. The predicted molar refractivity (Wildman–Crippen MR) is 86.0 cm³/mol. The number of hydrogen-bond acceptors (Lipinski definition) is 5. The fraction of sp³-hybridized carbons (Fsp3) is 0.625. The molecule has 3 rings (SSSR count). The molecule has 2 heterocycles. The average molecular weight is 338 g/mol. The molecule has 1 saturated carbocycles. The number of aliphatic hydroxyl groups excluding tert-OH is 1. The van der Waals surface area contributed by atoms with Crippen LogP contribution in [0.2, 0.25) is 0 Å². The summed E-state index contributed by atoms with van der Waals surface area (Å²) in [4.78, 5) is 26.9. The minimum absolute atomic E-state index is 0.0170. The molecule has 7 heteroatoms. The lowest BCUT2D eigenvalue weighted by Crippen LogP contribution is -2.48. The molecule has 2 aliphatic rings. The number of hydrogen-bond donors (Lipinski definition) is 2. The van der Waals surface area contributed by atoms with Crippen LogP contribution in [-0.2, 0) is 16.1 Å². The van der Waals surface area contributed by atoms with E-state index >= 15 is 0 Å². The Morgan fingerprint density at radius 3 is 2.83 bits per heavy atom. The van der Waals surface area contributed by atoms with Gasteiger partial charge in [-0.15, -0.1) is 11.3 Å². The molecule has 0 aromatic carbocycles. The summed E-state index contributed by atoms with van der Waals surface area (Å²) in [6, 6.07) is 3.51. The topological polar surface area (TPSA) is 78.9 Å². The van der Waals surface area contributed by atoms with Crippen molar-refractivity contribution in [1.82, 2.24) is 10.2 Å². The maximum atomic E-state index is 12.6. The van der Waals surface area contributed by atoms with E-state index in [0.717, 1.165) is 29.0 Å². The standard InChI is InChI=1S/C16H22N2O4S/c19-12(10-22-11-13-5-4-8-23-13)9-18-14(20)16(17-15(18)21)6-2-1-3-7-16/h4-5,8,12,19H,1-3,6-7,9-11H2,(H,17,21). The Kier molecular flexibility index (Phi) is 4.99. The normalized spacial score (nSPS) is 21.7. The van der Waals surface area contributed by atoms with E-state index in [2.05, 4.69) is 5.32 Å². The lowest BCUT2D eigenvalue weighted by Gasteiger charge is -2.30. The number of thiophene rings is 1. The molecular weight excluding hydrogens is 316 g/mol. The summed E-state index contributed by atoms with van der Waals surface area (Å²) >= 11 is 1.59. The molecule has 3 amide bonds. The van der Waals surface area contributed by atoms with E-state index in [1.807, 2.05) is 17.5 Å². The van der Waals surface area contributed by atoms with Gasteiger partial charge in [0.15, 0.2) is 0 Å². The SMILES string of the molecule is O=C1NC2(CCCCC2)C(=O)N1CC(O)COCc1cccs1. The van der Waals surface area contributed by atoms with Crippen LogP contribution in [0.5, 0.6) is 0 Å². The monoisotopic (exact) mass is 338 g/mol. The number of carbonyl (C=O) groups excluding carboxylic acids is 2. The van der Waals surface area contributed by atoms with E-state index in [9.17, 15) is 14.7 Å². The van der Waals surface area contributed by atoms with Gasteiger partial charge in [0.05, 0.1) is 25.9 Å². The van der Waals surface area contributed by atoms with Gasteiger partial charge in [-0.25, -0.2) is 4.79 Å². The van der Waals surface area contributed by atoms with Crippen molar-refractivity contribution in [2.75, 3.05) is 13.2 Å². The van der Waals surface area contributed by atoms with E-state index in [1.54, 1.807) is 11.3 Å². The lowest BCUT2D eigenvalue weighted by atomic mass is 9.82. The molecule has 1 aliphatic heterocycles. The summed E-state index contributed by atoms with van der Waals surface area (Å²) in [5, 5.41) is 14.9. The smallest absolute Gasteiger partial charge is 0.325 e. The van der Waals surface area contributed by atoms with E-state index in [1.165, 1.54) is 0 Å². The van der Waals surface area contributed by atoms with Crippen molar-refractivity contribution >= 4 is 23.3 Å². The van der Waals surface area contributed by atoms with Crippen molar-refractivity contribution in [1.29, 1.82) is 0 Å². The Labute approximate surface area is 139 Å². The quantitative estimate of drug-likeness (QED) is 0.776. The highest BCUT2D eigenvalue weighted by atomic mass is 32.1. The number of urea groups is 1. The summed E-state index contributed by atoms with van der Waals surface area (Å²) < 4.78 is 5.45. The minimum Gasteiger partial charge on any atom is -0.389 e. The number of nitrogens with zero attached hydrogens (tertiary/aromatic N) is 1. The second-order valence-corrected chi connectivity index (χ2v) is 7.27. The van der Waals surface area contributed by atoms with Gasteiger partial charge in [0.2, 0.25) is 0 Å². The molecule has 0 bridgehead atoms. The van der Waals surface area contributed by atoms with Crippen LogP contribution in [0.25, 0.3) is 0 Å². The molecule has 2 N–H and O–H groups in total. The van der Waals surface area contributed by atoms with Crippen molar-refractivity contribution < 1.29 is 19.4 Å². The molecule has 1 saturated heterocycles.